The molecule has 1 heterocycles. The second-order valence-electron chi connectivity index (χ2n) is 5.75. The Morgan fingerprint density at radius 3 is 2.26 bits per heavy atom. The Kier molecular flexibility index (Phi) is 5.13. The number of carbonyl (C=O) groups is 4. The molecule has 0 aromatic heterocycles. The van der Waals surface area contributed by atoms with Gasteiger partial charge in [0.2, 0.25) is 11.8 Å². The predicted octanol–water partition coefficient (Wildman–Crippen LogP) is 2.52. The van der Waals surface area contributed by atoms with Crippen LogP contribution in [0.3, 0.4) is 0 Å². The molecule has 2 amide bonds. The van der Waals surface area contributed by atoms with Crippen molar-refractivity contribution in [3.63, 3.8) is 0 Å². The topological polar surface area (TPSA) is 133 Å². The summed E-state index contributed by atoms with van der Waals surface area (Å²) in [5.41, 5.74) is 1.12. The molecule has 0 fully saturated rings. The zero-order valence-corrected chi connectivity index (χ0v) is 14.6. The number of benzene rings is 2. The van der Waals surface area contributed by atoms with Crippen molar-refractivity contribution in [2.75, 3.05) is 10.6 Å². The van der Waals surface area contributed by atoms with Gasteiger partial charge in [-0.15, -0.1) is 11.8 Å². The Bertz CT molecular complexity index is 941. The Morgan fingerprint density at radius 1 is 1.00 bits per heavy atom. The van der Waals surface area contributed by atoms with Gasteiger partial charge in [-0.2, -0.15) is 0 Å². The Balaban J connectivity index is 1.67. The van der Waals surface area contributed by atoms with Crippen LogP contribution >= 0.6 is 11.8 Å². The van der Waals surface area contributed by atoms with Gasteiger partial charge in [0.15, 0.2) is 0 Å². The van der Waals surface area contributed by atoms with Gasteiger partial charge in [0, 0.05) is 17.0 Å². The first kappa shape index (κ1) is 18.5. The van der Waals surface area contributed by atoms with E-state index in [1.165, 1.54) is 42.5 Å². The second kappa shape index (κ2) is 7.50. The van der Waals surface area contributed by atoms with Gasteiger partial charge >= 0.3 is 11.9 Å². The molecular formula is C18H14N2O6S. The second-order valence-corrected chi connectivity index (χ2v) is 6.99. The molecule has 0 bridgehead atoms. The average Bonchev–Trinajstić information content (AvgIpc) is 2.62. The highest BCUT2D eigenvalue weighted by molar-refractivity contribution is 8.01. The van der Waals surface area contributed by atoms with Gasteiger partial charge in [0.05, 0.1) is 22.1 Å². The number of thioether (sulfide) groups is 1. The first-order valence-corrected chi connectivity index (χ1v) is 8.69. The Labute approximate surface area is 157 Å². The molecule has 8 nitrogen and oxygen atoms in total. The van der Waals surface area contributed by atoms with Crippen molar-refractivity contribution >= 4 is 46.9 Å². The molecule has 0 saturated carbocycles. The van der Waals surface area contributed by atoms with E-state index in [-0.39, 0.29) is 23.5 Å². The molecule has 0 saturated heterocycles. The summed E-state index contributed by atoms with van der Waals surface area (Å²) in [6.07, 6.45) is -0.117. The minimum absolute atomic E-state index is 0.0964. The van der Waals surface area contributed by atoms with Crippen LogP contribution in [0.5, 0.6) is 0 Å². The molecule has 2 aromatic rings. The zero-order chi connectivity index (χ0) is 19.6. The van der Waals surface area contributed by atoms with Crippen LogP contribution in [0.4, 0.5) is 11.4 Å². The van der Waals surface area contributed by atoms with E-state index >= 15 is 0 Å². The van der Waals surface area contributed by atoms with Gasteiger partial charge in [-0.1, -0.05) is 0 Å². The third kappa shape index (κ3) is 4.26. The first-order chi connectivity index (χ1) is 12.8. The lowest BCUT2D eigenvalue weighted by Crippen LogP contribution is -2.32. The van der Waals surface area contributed by atoms with E-state index in [4.69, 9.17) is 10.2 Å². The van der Waals surface area contributed by atoms with E-state index in [9.17, 15) is 19.2 Å². The number of amides is 2. The van der Waals surface area contributed by atoms with Gasteiger partial charge in [-0.05, 0) is 42.5 Å². The lowest BCUT2D eigenvalue weighted by Gasteiger charge is -2.24. The number of hydrogen-bond acceptors (Lipinski definition) is 5. The fourth-order valence-electron chi connectivity index (χ4n) is 2.49. The van der Waals surface area contributed by atoms with Crippen LogP contribution in [0.25, 0.3) is 0 Å². The van der Waals surface area contributed by atoms with E-state index in [0.29, 0.717) is 16.3 Å². The molecule has 3 rings (SSSR count). The highest BCUT2D eigenvalue weighted by atomic mass is 32.2. The minimum atomic E-state index is -1.07. The summed E-state index contributed by atoms with van der Waals surface area (Å²) in [6.45, 7) is 0. The Morgan fingerprint density at radius 2 is 1.63 bits per heavy atom. The Hall–Kier alpha value is -3.33. The molecule has 0 radical (unpaired) electrons. The smallest absolute Gasteiger partial charge is 0.335 e. The summed E-state index contributed by atoms with van der Waals surface area (Å²) in [5, 5.41) is 22.5. The number of hydrogen-bond donors (Lipinski definition) is 4. The molecule has 4 N–H and O–H groups in total. The van der Waals surface area contributed by atoms with E-state index in [2.05, 4.69) is 10.6 Å². The number of rotatable bonds is 5. The molecule has 2 aromatic carbocycles. The maximum Gasteiger partial charge on any atom is 0.335 e. The van der Waals surface area contributed by atoms with E-state index in [1.807, 2.05) is 0 Å². The molecule has 9 heteroatoms. The highest BCUT2D eigenvalue weighted by Gasteiger charge is 2.29. The number of carboxylic acids is 2. The number of nitrogens with one attached hydrogen (secondary N) is 2. The van der Waals surface area contributed by atoms with Crippen molar-refractivity contribution in [1.82, 2.24) is 0 Å². The number of anilines is 2. The van der Waals surface area contributed by atoms with Gasteiger partial charge in [-0.3, -0.25) is 9.59 Å². The molecule has 27 heavy (non-hydrogen) atoms. The maximum absolute atomic E-state index is 12.2. The highest BCUT2D eigenvalue weighted by Crippen LogP contribution is 2.37. The summed E-state index contributed by atoms with van der Waals surface area (Å²) < 4.78 is 0. The van der Waals surface area contributed by atoms with Crippen molar-refractivity contribution in [3.05, 3.63) is 53.6 Å². The lowest BCUT2D eigenvalue weighted by molar-refractivity contribution is -0.120. The summed E-state index contributed by atoms with van der Waals surface area (Å²) in [5.74, 6) is -2.90. The molecular weight excluding hydrogens is 372 g/mol. The SMILES string of the molecule is O=C(C[C@@H]1Sc2cc(C(=O)O)ccc2NC1=O)Nc1ccc(C(=O)O)cc1. The molecule has 0 aliphatic carbocycles. The third-order valence-corrected chi connectivity index (χ3v) is 5.09. The van der Waals surface area contributed by atoms with Crippen LogP contribution in [0.1, 0.15) is 27.1 Å². The number of aromatic carboxylic acids is 2. The van der Waals surface area contributed by atoms with Crippen molar-refractivity contribution in [1.29, 1.82) is 0 Å². The van der Waals surface area contributed by atoms with E-state index < -0.39 is 23.1 Å². The van der Waals surface area contributed by atoms with Crippen molar-refractivity contribution in [2.45, 2.75) is 16.6 Å². The van der Waals surface area contributed by atoms with Crippen molar-refractivity contribution in [3.8, 4) is 0 Å². The standard InChI is InChI=1S/C18H14N2O6S/c21-15(19-11-4-1-9(2-5-11)17(23)24)8-14-16(22)20-12-6-3-10(18(25)26)7-13(12)27-14/h1-7,14H,8H2,(H,19,21)(H,20,22)(H,23,24)(H,25,26)/t14-/m0/s1. The number of carboxylic acid groups (broad SMARTS) is 2. The minimum Gasteiger partial charge on any atom is -0.478 e. The van der Waals surface area contributed by atoms with Crippen LogP contribution in [0.2, 0.25) is 0 Å². The van der Waals surface area contributed by atoms with E-state index in [1.54, 1.807) is 0 Å². The van der Waals surface area contributed by atoms with Crippen molar-refractivity contribution in [2.24, 2.45) is 0 Å². The van der Waals surface area contributed by atoms with Crippen LogP contribution < -0.4 is 10.6 Å². The first-order valence-electron chi connectivity index (χ1n) is 7.81. The zero-order valence-electron chi connectivity index (χ0n) is 13.8. The summed E-state index contributed by atoms with van der Waals surface area (Å²) in [7, 11) is 0. The van der Waals surface area contributed by atoms with Crippen LogP contribution in [-0.2, 0) is 9.59 Å². The maximum atomic E-state index is 12.2. The van der Waals surface area contributed by atoms with Gasteiger partial charge in [-0.25, -0.2) is 9.59 Å². The molecule has 0 unspecified atom stereocenters. The average molecular weight is 386 g/mol. The molecule has 1 aliphatic rings. The van der Waals surface area contributed by atoms with Gasteiger partial charge in [0.1, 0.15) is 0 Å². The van der Waals surface area contributed by atoms with Crippen LogP contribution in [0, 0.1) is 0 Å². The predicted molar refractivity (Wildman–Crippen MR) is 98.3 cm³/mol. The molecule has 138 valence electrons. The van der Waals surface area contributed by atoms with Gasteiger partial charge in [0.25, 0.3) is 0 Å². The molecule has 1 aliphatic heterocycles. The van der Waals surface area contributed by atoms with Crippen LogP contribution in [0.15, 0.2) is 47.4 Å². The fraction of sp³-hybridized carbons (Fsp3) is 0.111. The fourth-order valence-corrected chi connectivity index (χ4v) is 3.64. The largest absolute Gasteiger partial charge is 0.478 e. The van der Waals surface area contributed by atoms with Gasteiger partial charge < -0.3 is 20.8 Å². The summed E-state index contributed by atoms with van der Waals surface area (Å²) >= 11 is 1.13. The number of carbonyl (C=O) groups excluding carboxylic acids is 2. The van der Waals surface area contributed by atoms with Crippen LogP contribution in [-0.4, -0.2) is 39.2 Å². The summed E-state index contributed by atoms with van der Waals surface area (Å²) in [6, 6.07) is 10.0. The molecule has 1 atom stereocenters. The third-order valence-electron chi connectivity index (χ3n) is 3.83. The lowest BCUT2D eigenvalue weighted by atomic mass is 10.2. The quantitative estimate of drug-likeness (QED) is 0.620. The molecule has 0 spiro atoms. The number of fused-ring (bicyclic) bond motifs is 1. The normalized spacial score (nSPS) is 15.4. The monoisotopic (exact) mass is 386 g/mol. The summed E-state index contributed by atoms with van der Waals surface area (Å²) in [4.78, 5) is 46.9. The van der Waals surface area contributed by atoms with Crippen molar-refractivity contribution < 1.29 is 29.4 Å². The van der Waals surface area contributed by atoms with E-state index in [0.717, 1.165) is 11.8 Å².